The van der Waals surface area contributed by atoms with Crippen molar-refractivity contribution in [1.29, 1.82) is 0 Å². The molecule has 0 aliphatic rings. The smallest absolute Gasteiger partial charge is 0.123 e. The van der Waals surface area contributed by atoms with Crippen molar-refractivity contribution >= 4 is 22.6 Å². The number of aryl methyl sites for hydroxylation is 1. The number of phenols is 1. The molecule has 4 heteroatoms. The first-order valence-electron chi connectivity index (χ1n) is 4.01. The molecule has 3 nitrogen and oxygen atoms in total. The lowest BCUT2D eigenvalue weighted by molar-refractivity contribution is 0.457. The lowest BCUT2D eigenvalue weighted by atomic mass is 10.0. The Morgan fingerprint density at radius 2 is 2.15 bits per heavy atom. The van der Waals surface area contributed by atoms with Gasteiger partial charge in [-0.3, -0.25) is 0 Å². The van der Waals surface area contributed by atoms with Crippen molar-refractivity contribution in [2.75, 3.05) is 6.54 Å². The van der Waals surface area contributed by atoms with Crippen LogP contribution in [0.2, 0.25) is 0 Å². The lowest BCUT2D eigenvalue weighted by Crippen LogP contribution is -2.21. The molecule has 0 radical (unpaired) electrons. The van der Waals surface area contributed by atoms with Crippen LogP contribution in [-0.2, 0) is 0 Å². The Bertz CT molecular complexity index is 315. The maximum atomic E-state index is 9.68. The molecule has 0 aliphatic heterocycles. The fourth-order valence-electron chi connectivity index (χ4n) is 1.17. The van der Waals surface area contributed by atoms with Crippen LogP contribution in [0.25, 0.3) is 0 Å². The zero-order chi connectivity index (χ0) is 10.0. The minimum absolute atomic E-state index is 0.262. The number of rotatable bonds is 2. The quantitative estimate of drug-likeness (QED) is 0.719. The monoisotopic (exact) mass is 292 g/mol. The maximum absolute atomic E-state index is 9.68. The molecule has 0 heterocycles. The molecule has 72 valence electrons. The Morgan fingerprint density at radius 3 is 2.69 bits per heavy atom. The van der Waals surface area contributed by atoms with Crippen molar-refractivity contribution in [3.05, 3.63) is 26.8 Å². The minimum atomic E-state index is -0.284. The molecule has 0 fully saturated rings. The van der Waals surface area contributed by atoms with Gasteiger partial charge in [0.25, 0.3) is 0 Å². The third kappa shape index (κ3) is 2.32. The van der Waals surface area contributed by atoms with E-state index in [9.17, 15) is 5.11 Å². The fraction of sp³-hybridized carbons (Fsp3) is 0.333. The summed E-state index contributed by atoms with van der Waals surface area (Å²) in [5.74, 6) is 0.262. The summed E-state index contributed by atoms with van der Waals surface area (Å²) in [5, 5.41) is 9.68. The van der Waals surface area contributed by atoms with E-state index in [0.717, 1.165) is 14.7 Å². The van der Waals surface area contributed by atoms with E-state index in [-0.39, 0.29) is 11.8 Å². The van der Waals surface area contributed by atoms with Crippen molar-refractivity contribution in [3.63, 3.8) is 0 Å². The van der Waals surface area contributed by atoms with Crippen LogP contribution in [0.3, 0.4) is 0 Å². The number of aromatic hydroxyl groups is 1. The SMILES string of the molecule is Cc1cc(I)cc([C@H](N)CN)c1O. The van der Waals surface area contributed by atoms with E-state index in [1.807, 2.05) is 19.1 Å². The van der Waals surface area contributed by atoms with Crippen molar-refractivity contribution in [2.24, 2.45) is 11.5 Å². The van der Waals surface area contributed by atoms with Gasteiger partial charge in [-0.2, -0.15) is 0 Å². The first-order valence-corrected chi connectivity index (χ1v) is 5.08. The zero-order valence-corrected chi connectivity index (χ0v) is 9.58. The van der Waals surface area contributed by atoms with E-state index in [1.54, 1.807) is 0 Å². The van der Waals surface area contributed by atoms with Crippen molar-refractivity contribution in [2.45, 2.75) is 13.0 Å². The van der Waals surface area contributed by atoms with E-state index in [1.165, 1.54) is 0 Å². The number of benzene rings is 1. The van der Waals surface area contributed by atoms with Gasteiger partial charge in [-0.1, -0.05) is 0 Å². The van der Waals surface area contributed by atoms with Crippen LogP contribution in [0, 0.1) is 10.5 Å². The van der Waals surface area contributed by atoms with Gasteiger partial charge < -0.3 is 16.6 Å². The summed E-state index contributed by atoms with van der Waals surface area (Å²) in [4.78, 5) is 0. The summed E-state index contributed by atoms with van der Waals surface area (Å²) in [6.07, 6.45) is 0. The van der Waals surface area contributed by atoms with Gasteiger partial charge in [0.05, 0.1) is 0 Å². The number of halogens is 1. The highest BCUT2D eigenvalue weighted by Crippen LogP contribution is 2.28. The minimum Gasteiger partial charge on any atom is -0.507 e. The Hall–Kier alpha value is -0.330. The Labute approximate surface area is 91.3 Å². The van der Waals surface area contributed by atoms with E-state index in [4.69, 9.17) is 11.5 Å². The highest BCUT2D eigenvalue weighted by Gasteiger charge is 2.11. The van der Waals surface area contributed by atoms with Gasteiger partial charge in [0.1, 0.15) is 5.75 Å². The van der Waals surface area contributed by atoms with Crippen molar-refractivity contribution in [1.82, 2.24) is 0 Å². The lowest BCUT2D eigenvalue weighted by Gasteiger charge is -2.13. The average molecular weight is 292 g/mol. The molecule has 1 atom stereocenters. The van der Waals surface area contributed by atoms with Crippen LogP contribution in [0.15, 0.2) is 12.1 Å². The number of phenolic OH excluding ortho intramolecular Hbond substituents is 1. The molecule has 0 spiro atoms. The van der Waals surface area contributed by atoms with Gasteiger partial charge in [0, 0.05) is 21.7 Å². The summed E-state index contributed by atoms with van der Waals surface area (Å²) in [6.45, 7) is 2.19. The Morgan fingerprint density at radius 1 is 1.54 bits per heavy atom. The molecule has 1 aromatic rings. The molecular weight excluding hydrogens is 279 g/mol. The third-order valence-corrected chi connectivity index (χ3v) is 2.57. The second-order valence-electron chi connectivity index (χ2n) is 3.00. The molecule has 0 saturated heterocycles. The molecule has 0 aliphatic carbocycles. The van der Waals surface area contributed by atoms with Gasteiger partial charge in [-0.25, -0.2) is 0 Å². The van der Waals surface area contributed by atoms with Crippen LogP contribution in [0.5, 0.6) is 5.75 Å². The van der Waals surface area contributed by atoms with Gasteiger partial charge >= 0.3 is 0 Å². The highest BCUT2D eigenvalue weighted by atomic mass is 127. The summed E-state index contributed by atoms with van der Waals surface area (Å²) >= 11 is 2.19. The summed E-state index contributed by atoms with van der Waals surface area (Å²) in [6, 6.07) is 3.48. The molecule has 1 aromatic carbocycles. The molecule has 0 aromatic heterocycles. The number of hydrogen-bond donors (Lipinski definition) is 3. The van der Waals surface area contributed by atoms with Crippen LogP contribution < -0.4 is 11.5 Å². The predicted molar refractivity (Wildman–Crippen MR) is 61.5 cm³/mol. The molecule has 0 saturated carbocycles. The summed E-state index contributed by atoms with van der Waals surface area (Å²) in [5.41, 5.74) is 12.7. The largest absolute Gasteiger partial charge is 0.507 e. The van der Waals surface area contributed by atoms with Gasteiger partial charge in [-0.05, 0) is 47.2 Å². The fourth-order valence-corrected chi connectivity index (χ4v) is 1.97. The van der Waals surface area contributed by atoms with Crippen LogP contribution in [-0.4, -0.2) is 11.7 Å². The third-order valence-electron chi connectivity index (χ3n) is 1.95. The summed E-state index contributed by atoms with van der Waals surface area (Å²) in [7, 11) is 0. The van der Waals surface area contributed by atoms with E-state index >= 15 is 0 Å². The molecule has 1 rings (SSSR count). The van der Waals surface area contributed by atoms with Gasteiger partial charge in [-0.15, -0.1) is 0 Å². The van der Waals surface area contributed by atoms with Crippen LogP contribution in [0.1, 0.15) is 17.2 Å². The topological polar surface area (TPSA) is 72.3 Å². The Kier molecular flexibility index (Phi) is 3.52. The molecule has 0 unspecified atom stereocenters. The second kappa shape index (κ2) is 4.26. The maximum Gasteiger partial charge on any atom is 0.123 e. The molecule has 13 heavy (non-hydrogen) atoms. The summed E-state index contributed by atoms with van der Waals surface area (Å²) < 4.78 is 1.06. The Balaban J connectivity index is 3.20. The van der Waals surface area contributed by atoms with E-state index in [0.29, 0.717) is 6.54 Å². The average Bonchev–Trinajstić information content (AvgIpc) is 2.10. The number of nitrogens with two attached hydrogens (primary N) is 2. The van der Waals surface area contributed by atoms with Crippen LogP contribution in [0.4, 0.5) is 0 Å². The normalized spacial score (nSPS) is 12.9. The second-order valence-corrected chi connectivity index (χ2v) is 4.25. The van der Waals surface area contributed by atoms with Crippen molar-refractivity contribution in [3.8, 4) is 5.75 Å². The van der Waals surface area contributed by atoms with E-state index in [2.05, 4.69) is 22.6 Å². The molecule has 0 amide bonds. The molecule has 0 bridgehead atoms. The number of hydrogen-bond acceptors (Lipinski definition) is 3. The van der Waals surface area contributed by atoms with Gasteiger partial charge in [0.15, 0.2) is 0 Å². The molecular formula is C9H13IN2O. The van der Waals surface area contributed by atoms with E-state index < -0.39 is 0 Å². The zero-order valence-electron chi connectivity index (χ0n) is 7.42. The molecule has 5 N–H and O–H groups in total. The standard InChI is InChI=1S/C9H13IN2O/c1-5-2-6(10)3-7(9(5)13)8(12)4-11/h2-3,8,13H,4,11-12H2,1H3/t8-/m1/s1. The van der Waals surface area contributed by atoms with Gasteiger partial charge in [0.2, 0.25) is 0 Å². The van der Waals surface area contributed by atoms with Crippen molar-refractivity contribution < 1.29 is 5.11 Å². The highest BCUT2D eigenvalue weighted by molar-refractivity contribution is 14.1. The first kappa shape index (κ1) is 10.7. The first-order chi connectivity index (χ1) is 6.06. The van der Waals surface area contributed by atoms with Crippen LogP contribution >= 0.6 is 22.6 Å². The predicted octanol–water partition coefficient (Wildman–Crippen LogP) is 1.26.